The maximum atomic E-state index is 11.3. The Labute approximate surface area is 62.2 Å². The van der Waals surface area contributed by atoms with Gasteiger partial charge in [0.05, 0.1) is 0 Å². The smallest absolute Gasteiger partial charge is 0.225 e. The van der Waals surface area contributed by atoms with Gasteiger partial charge < -0.3 is 4.90 Å². The van der Waals surface area contributed by atoms with Crippen molar-refractivity contribution in [3.63, 3.8) is 0 Å². The number of nitrogens with zero attached hydrogens (tertiary/aromatic N) is 1. The molecule has 2 nitrogen and oxygen atoms in total. The van der Waals surface area contributed by atoms with Crippen molar-refractivity contribution in [3.05, 3.63) is 0 Å². The van der Waals surface area contributed by atoms with E-state index in [2.05, 4.69) is 0 Å². The Morgan fingerprint density at radius 3 is 2.90 bits per heavy atom. The van der Waals surface area contributed by atoms with Crippen LogP contribution in [0.3, 0.4) is 0 Å². The molecule has 1 unspecified atom stereocenters. The monoisotopic (exact) mass is 141 g/mol. The van der Waals surface area contributed by atoms with Crippen LogP contribution in [0, 0.1) is 5.92 Å². The zero-order valence-electron chi connectivity index (χ0n) is 6.76. The third kappa shape index (κ3) is 1.49. The molecular formula is C8H15NO. The highest BCUT2D eigenvalue weighted by molar-refractivity contribution is 5.78. The van der Waals surface area contributed by atoms with Gasteiger partial charge in [0.2, 0.25) is 5.91 Å². The SMILES string of the molecule is CC1CCCCN(C)C1=O. The van der Waals surface area contributed by atoms with E-state index in [-0.39, 0.29) is 5.92 Å². The van der Waals surface area contributed by atoms with Crippen LogP contribution >= 0.6 is 0 Å². The van der Waals surface area contributed by atoms with Crippen LogP contribution in [0.25, 0.3) is 0 Å². The Morgan fingerprint density at radius 2 is 2.20 bits per heavy atom. The van der Waals surface area contributed by atoms with Gasteiger partial charge in [0.25, 0.3) is 0 Å². The van der Waals surface area contributed by atoms with Crippen molar-refractivity contribution in [1.82, 2.24) is 4.90 Å². The van der Waals surface area contributed by atoms with Crippen LogP contribution in [0.1, 0.15) is 26.2 Å². The number of hydrogen-bond acceptors (Lipinski definition) is 1. The molecule has 2 heteroatoms. The van der Waals surface area contributed by atoms with Crippen LogP contribution in [-0.2, 0) is 4.79 Å². The Kier molecular flexibility index (Phi) is 2.30. The number of rotatable bonds is 0. The molecule has 1 heterocycles. The lowest BCUT2D eigenvalue weighted by atomic mass is 10.1. The summed E-state index contributed by atoms with van der Waals surface area (Å²) >= 11 is 0. The largest absolute Gasteiger partial charge is 0.346 e. The van der Waals surface area contributed by atoms with E-state index in [1.54, 1.807) is 0 Å². The fraction of sp³-hybridized carbons (Fsp3) is 0.875. The first-order chi connectivity index (χ1) is 4.72. The van der Waals surface area contributed by atoms with Crippen molar-refractivity contribution < 1.29 is 4.79 Å². The molecule has 0 aliphatic carbocycles. The van der Waals surface area contributed by atoms with Gasteiger partial charge in [-0.1, -0.05) is 13.3 Å². The summed E-state index contributed by atoms with van der Waals surface area (Å²) in [6, 6.07) is 0. The molecule has 1 aliphatic heterocycles. The molecule has 0 bridgehead atoms. The third-order valence-electron chi connectivity index (χ3n) is 2.18. The number of hydrogen-bond donors (Lipinski definition) is 0. The molecule has 1 amide bonds. The maximum Gasteiger partial charge on any atom is 0.225 e. The minimum Gasteiger partial charge on any atom is -0.346 e. The van der Waals surface area contributed by atoms with Gasteiger partial charge in [0.1, 0.15) is 0 Å². The normalized spacial score (nSPS) is 28.4. The lowest BCUT2D eigenvalue weighted by Crippen LogP contribution is -2.29. The quantitative estimate of drug-likeness (QED) is 0.497. The van der Waals surface area contributed by atoms with Crippen LogP contribution in [0.5, 0.6) is 0 Å². The minimum absolute atomic E-state index is 0.257. The van der Waals surface area contributed by atoms with Gasteiger partial charge in [-0.25, -0.2) is 0 Å². The average molecular weight is 141 g/mol. The zero-order valence-corrected chi connectivity index (χ0v) is 6.76. The molecule has 1 saturated heterocycles. The van der Waals surface area contributed by atoms with Crippen molar-refractivity contribution in [3.8, 4) is 0 Å². The number of likely N-dealkylation sites (tertiary alicyclic amines) is 1. The second kappa shape index (κ2) is 3.04. The van der Waals surface area contributed by atoms with E-state index < -0.39 is 0 Å². The molecule has 0 radical (unpaired) electrons. The standard InChI is InChI=1S/C8H15NO/c1-7-5-3-4-6-9(2)8(7)10/h7H,3-6H2,1-2H3. The molecular weight excluding hydrogens is 126 g/mol. The van der Waals surface area contributed by atoms with Crippen molar-refractivity contribution in [2.75, 3.05) is 13.6 Å². The lowest BCUT2D eigenvalue weighted by molar-refractivity contribution is -0.133. The molecule has 0 spiro atoms. The zero-order chi connectivity index (χ0) is 7.56. The first-order valence-electron chi connectivity index (χ1n) is 3.97. The first kappa shape index (κ1) is 7.58. The lowest BCUT2D eigenvalue weighted by Gasteiger charge is -2.16. The highest BCUT2D eigenvalue weighted by Crippen LogP contribution is 2.15. The Balaban J connectivity index is 2.55. The molecule has 1 fully saturated rings. The highest BCUT2D eigenvalue weighted by Gasteiger charge is 2.19. The third-order valence-corrected chi connectivity index (χ3v) is 2.18. The topological polar surface area (TPSA) is 20.3 Å². The molecule has 0 N–H and O–H groups in total. The van der Waals surface area contributed by atoms with Gasteiger partial charge in [-0.15, -0.1) is 0 Å². The molecule has 0 aromatic carbocycles. The minimum atomic E-state index is 0.257. The molecule has 58 valence electrons. The van der Waals surface area contributed by atoms with Gasteiger partial charge >= 0.3 is 0 Å². The Morgan fingerprint density at radius 1 is 1.50 bits per heavy atom. The predicted octanol–water partition coefficient (Wildman–Crippen LogP) is 1.26. The fourth-order valence-corrected chi connectivity index (χ4v) is 1.41. The van der Waals surface area contributed by atoms with E-state index in [4.69, 9.17) is 0 Å². The number of amides is 1. The van der Waals surface area contributed by atoms with Gasteiger partial charge in [0.15, 0.2) is 0 Å². The second-order valence-electron chi connectivity index (χ2n) is 3.16. The van der Waals surface area contributed by atoms with E-state index >= 15 is 0 Å². The summed E-state index contributed by atoms with van der Waals surface area (Å²) in [7, 11) is 1.89. The van der Waals surface area contributed by atoms with Crippen LogP contribution in [-0.4, -0.2) is 24.4 Å². The second-order valence-corrected chi connectivity index (χ2v) is 3.16. The van der Waals surface area contributed by atoms with Gasteiger partial charge in [-0.3, -0.25) is 4.79 Å². The van der Waals surface area contributed by atoms with Crippen LogP contribution in [0.4, 0.5) is 0 Å². The first-order valence-corrected chi connectivity index (χ1v) is 3.97. The van der Waals surface area contributed by atoms with E-state index in [0.29, 0.717) is 5.91 Å². The average Bonchev–Trinajstić information content (AvgIpc) is 2.04. The summed E-state index contributed by atoms with van der Waals surface area (Å²) in [6.45, 7) is 2.97. The summed E-state index contributed by atoms with van der Waals surface area (Å²) in [5.41, 5.74) is 0. The van der Waals surface area contributed by atoms with E-state index in [1.165, 1.54) is 12.8 Å². The van der Waals surface area contributed by atoms with E-state index in [9.17, 15) is 4.79 Å². The van der Waals surface area contributed by atoms with Gasteiger partial charge in [-0.2, -0.15) is 0 Å². The molecule has 1 rings (SSSR count). The van der Waals surface area contributed by atoms with E-state index in [0.717, 1.165) is 13.0 Å². The van der Waals surface area contributed by atoms with Gasteiger partial charge in [-0.05, 0) is 12.8 Å². The van der Waals surface area contributed by atoms with Crippen molar-refractivity contribution in [2.45, 2.75) is 26.2 Å². The molecule has 10 heavy (non-hydrogen) atoms. The van der Waals surface area contributed by atoms with Crippen molar-refractivity contribution in [2.24, 2.45) is 5.92 Å². The summed E-state index contributed by atoms with van der Waals surface area (Å²) < 4.78 is 0. The molecule has 0 saturated carbocycles. The van der Waals surface area contributed by atoms with Crippen LogP contribution in [0.2, 0.25) is 0 Å². The highest BCUT2D eigenvalue weighted by atomic mass is 16.2. The maximum absolute atomic E-state index is 11.3. The number of carbonyl (C=O) groups excluding carboxylic acids is 1. The summed E-state index contributed by atoms with van der Waals surface area (Å²) in [4.78, 5) is 13.1. The molecule has 1 atom stereocenters. The fourth-order valence-electron chi connectivity index (χ4n) is 1.41. The van der Waals surface area contributed by atoms with Crippen LogP contribution in [0.15, 0.2) is 0 Å². The van der Waals surface area contributed by atoms with Crippen LogP contribution < -0.4 is 0 Å². The molecule has 0 aromatic heterocycles. The Hall–Kier alpha value is -0.530. The number of carbonyl (C=O) groups is 1. The van der Waals surface area contributed by atoms with Gasteiger partial charge in [0, 0.05) is 19.5 Å². The van der Waals surface area contributed by atoms with Crippen molar-refractivity contribution in [1.29, 1.82) is 0 Å². The summed E-state index contributed by atoms with van der Waals surface area (Å²) in [5.74, 6) is 0.574. The summed E-state index contributed by atoms with van der Waals surface area (Å²) in [5, 5.41) is 0. The predicted molar refractivity (Wildman–Crippen MR) is 40.7 cm³/mol. The Bertz CT molecular complexity index is 119. The molecule has 1 aliphatic rings. The summed E-state index contributed by atoms with van der Waals surface area (Å²) in [6.07, 6.45) is 3.45. The molecule has 0 aromatic rings. The van der Waals surface area contributed by atoms with Crippen molar-refractivity contribution >= 4 is 5.91 Å². The van der Waals surface area contributed by atoms with E-state index in [1.807, 2.05) is 18.9 Å².